The zero-order valence-corrected chi connectivity index (χ0v) is 16.5. The van der Waals surface area contributed by atoms with Gasteiger partial charge in [-0.2, -0.15) is 5.10 Å². The minimum atomic E-state index is -0.376. The molecule has 4 rings (SSSR count). The summed E-state index contributed by atoms with van der Waals surface area (Å²) in [5.41, 5.74) is 3.29. The van der Waals surface area contributed by atoms with Crippen LogP contribution in [0.1, 0.15) is 21.1 Å². The summed E-state index contributed by atoms with van der Waals surface area (Å²) in [4.78, 5) is 29.3. The lowest BCUT2D eigenvalue weighted by molar-refractivity contribution is 0.102. The van der Waals surface area contributed by atoms with Gasteiger partial charge in [0.1, 0.15) is 5.69 Å². The third-order valence-corrected chi connectivity index (χ3v) is 5.08. The molecule has 0 atom stereocenters. The predicted octanol–water partition coefficient (Wildman–Crippen LogP) is 3.98. The maximum atomic E-state index is 12.7. The van der Waals surface area contributed by atoms with Crippen LogP contribution in [0.5, 0.6) is 0 Å². The van der Waals surface area contributed by atoms with Crippen LogP contribution in [0.25, 0.3) is 11.3 Å². The van der Waals surface area contributed by atoms with E-state index in [1.165, 1.54) is 16.8 Å². The average molecular weight is 402 g/mol. The van der Waals surface area contributed by atoms with Crippen LogP contribution in [0.3, 0.4) is 0 Å². The summed E-state index contributed by atoms with van der Waals surface area (Å²) < 4.78 is 1.29. The van der Waals surface area contributed by atoms with E-state index in [1.54, 1.807) is 17.4 Å². The fourth-order valence-corrected chi connectivity index (χ4v) is 3.51. The van der Waals surface area contributed by atoms with Gasteiger partial charge in [-0.3, -0.25) is 9.59 Å². The minimum Gasteiger partial charge on any atom is -0.321 e. The largest absolute Gasteiger partial charge is 0.321 e. The molecule has 0 bridgehead atoms. The Hall–Kier alpha value is -3.58. The van der Waals surface area contributed by atoms with Gasteiger partial charge >= 0.3 is 0 Å². The molecule has 144 valence electrons. The molecule has 0 saturated carbocycles. The number of nitrogens with one attached hydrogen (secondary N) is 1. The molecular formula is C22H18N4O2S. The molecule has 0 aliphatic rings. The van der Waals surface area contributed by atoms with Gasteiger partial charge in [-0.05, 0) is 30.7 Å². The molecule has 0 fully saturated rings. The maximum absolute atomic E-state index is 12.7. The summed E-state index contributed by atoms with van der Waals surface area (Å²) in [7, 11) is 0. The van der Waals surface area contributed by atoms with Gasteiger partial charge in [0, 0.05) is 22.7 Å². The Balaban J connectivity index is 1.54. The average Bonchev–Trinajstić information content (AvgIpc) is 3.17. The molecule has 0 saturated heterocycles. The van der Waals surface area contributed by atoms with Gasteiger partial charge in [-0.1, -0.05) is 42.5 Å². The summed E-state index contributed by atoms with van der Waals surface area (Å²) in [6.07, 6.45) is 0. The minimum absolute atomic E-state index is 0.176. The number of rotatable bonds is 5. The molecule has 0 aliphatic heterocycles. The molecule has 1 N–H and O–H groups in total. The first-order valence-corrected chi connectivity index (χ1v) is 9.92. The maximum Gasteiger partial charge on any atom is 0.276 e. The van der Waals surface area contributed by atoms with Crippen LogP contribution in [0, 0.1) is 6.92 Å². The Bertz CT molecular complexity index is 1210. The first-order chi connectivity index (χ1) is 14.1. The van der Waals surface area contributed by atoms with Crippen molar-refractivity contribution in [2.45, 2.75) is 13.5 Å². The first kappa shape index (κ1) is 18.8. The Labute approximate surface area is 171 Å². The van der Waals surface area contributed by atoms with Crippen LogP contribution < -0.4 is 10.9 Å². The molecule has 2 aromatic heterocycles. The van der Waals surface area contributed by atoms with Crippen molar-refractivity contribution in [3.05, 3.63) is 98.7 Å². The van der Waals surface area contributed by atoms with Crippen molar-refractivity contribution in [1.82, 2.24) is 14.8 Å². The fourth-order valence-electron chi connectivity index (χ4n) is 2.89. The topological polar surface area (TPSA) is 76.9 Å². The van der Waals surface area contributed by atoms with Crippen LogP contribution in [-0.4, -0.2) is 20.7 Å². The summed E-state index contributed by atoms with van der Waals surface area (Å²) in [5.74, 6) is -0.376. The second-order valence-electron chi connectivity index (χ2n) is 6.49. The molecule has 0 unspecified atom stereocenters. The first-order valence-electron chi connectivity index (χ1n) is 9.04. The highest BCUT2D eigenvalue weighted by atomic mass is 32.1. The fraction of sp³-hybridized carbons (Fsp3) is 0.0909. The number of thiazole rings is 1. The monoisotopic (exact) mass is 402 g/mol. The highest BCUT2D eigenvalue weighted by Crippen LogP contribution is 2.24. The highest BCUT2D eigenvalue weighted by molar-refractivity contribution is 7.09. The van der Waals surface area contributed by atoms with Gasteiger partial charge in [0.15, 0.2) is 0 Å². The zero-order chi connectivity index (χ0) is 20.2. The lowest BCUT2D eigenvalue weighted by atomic mass is 10.1. The number of hydrogen-bond acceptors (Lipinski definition) is 5. The van der Waals surface area contributed by atoms with E-state index in [9.17, 15) is 9.59 Å². The van der Waals surface area contributed by atoms with E-state index in [2.05, 4.69) is 15.4 Å². The van der Waals surface area contributed by atoms with Crippen LogP contribution in [0.2, 0.25) is 0 Å². The number of amides is 1. The Morgan fingerprint density at radius 1 is 1.07 bits per heavy atom. The number of hydrogen-bond donors (Lipinski definition) is 1. The van der Waals surface area contributed by atoms with Crippen LogP contribution in [-0.2, 0) is 6.54 Å². The van der Waals surface area contributed by atoms with Gasteiger partial charge in [-0.25, -0.2) is 9.67 Å². The van der Waals surface area contributed by atoms with E-state index in [0.29, 0.717) is 12.2 Å². The quantitative estimate of drug-likeness (QED) is 0.548. The van der Waals surface area contributed by atoms with Crippen LogP contribution >= 0.6 is 11.3 Å². The third-order valence-electron chi connectivity index (χ3n) is 4.31. The van der Waals surface area contributed by atoms with Crippen molar-refractivity contribution in [3.8, 4) is 11.3 Å². The second kappa shape index (κ2) is 8.20. The number of carbonyl (C=O) groups is 1. The molecule has 0 spiro atoms. The van der Waals surface area contributed by atoms with Gasteiger partial charge in [0.2, 0.25) is 0 Å². The van der Waals surface area contributed by atoms with E-state index < -0.39 is 0 Å². The Morgan fingerprint density at radius 3 is 2.66 bits per heavy atom. The van der Waals surface area contributed by atoms with Crippen LogP contribution in [0.15, 0.2) is 76.9 Å². The summed E-state index contributed by atoms with van der Waals surface area (Å²) in [5, 5.41) is 10.0. The van der Waals surface area contributed by atoms with Crippen molar-refractivity contribution in [3.63, 3.8) is 0 Å². The van der Waals surface area contributed by atoms with Gasteiger partial charge in [0.25, 0.3) is 11.5 Å². The predicted molar refractivity (Wildman–Crippen MR) is 114 cm³/mol. The zero-order valence-electron chi connectivity index (χ0n) is 15.7. The highest BCUT2D eigenvalue weighted by Gasteiger charge is 2.11. The summed E-state index contributed by atoms with van der Waals surface area (Å²) in [6.45, 7) is 2.26. The lowest BCUT2D eigenvalue weighted by Gasteiger charge is -2.09. The van der Waals surface area contributed by atoms with E-state index in [0.717, 1.165) is 21.8 Å². The number of anilines is 1. The van der Waals surface area contributed by atoms with E-state index in [4.69, 9.17) is 0 Å². The van der Waals surface area contributed by atoms with Crippen molar-refractivity contribution >= 4 is 22.9 Å². The van der Waals surface area contributed by atoms with Gasteiger partial charge in [-0.15, -0.1) is 11.3 Å². The molecule has 2 aromatic carbocycles. The smallest absolute Gasteiger partial charge is 0.276 e. The number of carbonyl (C=O) groups excluding carboxylic acids is 1. The lowest BCUT2D eigenvalue weighted by Crippen LogP contribution is -2.26. The number of nitrogens with zero attached hydrogens (tertiary/aromatic N) is 3. The number of benzene rings is 2. The molecule has 2 heterocycles. The molecular weight excluding hydrogens is 384 g/mol. The molecule has 7 heteroatoms. The van der Waals surface area contributed by atoms with Crippen molar-refractivity contribution in [1.29, 1.82) is 0 Å². The molecule has 0 aliphatic carbocycles. The van der Waals surface area contributed by atoms with Crippen molar-refractivity contribution in [2.24, 2.45) is 0 Å². The Morgan fingerprint density at radius 2 is 1.90 bits per heavy atom. The number of aryl methyl sites for hydroxylation is 1. The SMILES string of the molecule is Cc1nc(-c2cccc(NC(=O)c3ccc(=O)n(Cc4ccccc4)n3)c2)cs1. The van der Waals surface area contributed by atoms with E-state index >= 15 is 0 Å². The molecule has 6 nitrogen and oxygen atoms in total. The summed E-state index contributed by atoms with van der Waals surface area (Å²) >= 11 is 1.58. The molecule has 0 radical (unpaired) electrons. The number of aromatic nitrogens is 3. The van der Waals surface area contributed by atoms with Crippen molar-refractivity contribution < 1.29 is 4.79 Å². The van der Waals surface area contributed by atoms with Gasteiger partial charge in [0.05, 0.1) is 17.2 Å². The van der Waals surface area contributed by atoms with E-state index in [-0.39, 0.29) is 17.2 Å². The van der Waals surface area contributed by atoms with Crippen molar-refractivity contribution in [2.75, 3.05) is 5.32 Å². The third kappa shape index (κ3) is 4.47. The standard InChI is InChI=1S/C22H18N4O2S/c1-15-23-20(14-29-15)17-8-5-9-18(12-17)24-22(28)19-10-11-21(27)26(25-19)13-16-6-3-2-4-7-16/h2-12,14H,13H2,1H3,(H,24,28). The normalized spacial score (nSPS) is 10.7. The van der Waals surface area contributed by atoms with Gasteiger partial charge < -0.3 is 5.32 Å². The molecule has 4 aromatic rings. The molecule has 29 heavy (non-hydrogen) atoms. The van der Waals surface area contributed by atoms with E-state index in [1.807, 2.05) is 60.8 Å². The Kier molecular flexibility index (Phi) is 5.31. The summed E-state index contributed by atoms with van der Waals surface area (Å²) in [6, 6.07) is 19.8. The molecule has 1 amide bonds. The van der Waals surface area contributed by atoms with Crippen LogP contribution in [0.4, 0.5) is 5.69 Å². The second-order valence-corrected chi connectivity index (χ2v) is 7.55.